The summed E-state index contributed by atoms with van der Waals surface area (Å²) in [5.41, 5.74) is 4.08. The van der Waals surface area contributed by atoms with E-state index in [0.29, 0.717) is 6.42 Å². The molecule has 0 saturated carbocycles. The average molecular weight is 481 g/mol. The van der Waals surface area contributed by atoms with E-state index >= 15 is 0 Å². The number of aliphatic carboxylic acids is 1. The number of nitrogens with one attached hydrogen (secondary N) is 1. The first kappa shape index (κ1) is 26.3. The van der Waals surface area contributed by atoms with E-state index in [2.05, 4.69) is 29.6 Å². The second kappa shape index (κ2) is 11.4. The Morgan fingerprint density at radius 2 is 1.60 bits per heavy atom. The normalized spacial score (nSPS) is 13.5. The second-order valence-electron chi connectivity index (χ2n) is 10.0. The quantitative estimate of drug-likeness (QED) is 0.488. The van der Waals surface area contributed by atoms with Crippen molar-refractivity contribution < 1.29 is 24.2 Å². The lowest BCUT2D eigenvalue weighted by Crippen LogP contribution is -2.49. The third-order valence-electron chi connectivity index (χ3n) is 6.38. The summed E-state index contributed by atoms with van der Waals surface area (Å²) < 4.78 is 5.65. The molecule has 0 fully saturated rings. The fourth-order valence-corrected chi connectivity index (χ4v) is 4.74. The van der Waals surface area contributed by atoms with Crippen molar-refractivity contribution in [1.29, 1.82) is 0 Å². The summed E-state index contributed by atoms with van der Waals surface area (Å²) in [7, 11) is 0. The minimum absolute atomic E-state index is 0.0354. The van der Waals surface area contributed by atoms with Crippen LogP contribution in [0.2, 0.25) is 0 Å². The number of alkyl carbamates (subject to hydrolysis) is 1. The van der Waals surface area contributed by atoms with Gasteiger partial charge in [-0.2, -0.15) is 0 Å². The van der Waals surface area contributed by atoms with Crippen molar-refractivity contribution in [1.82, 2.24) is 10.2 Å². The van der Waals surface area contributed by atoms with E-state index in [0.717, 1.165) is 28.7 Å². The van der Waals surface area contributed by atoms with Crippen molar-refractivity contribution >= 4 is 18.0 Å². The van der Waals surface area contributed by atoms with Gasteiger partial charge in [0.1, 0.15) is 6.61 Å². The van der Waals surface area contributed by atoms with Gasteiger partial charge in [0.2, 0.25) is 5.91 Å². The first-order valence-corrected chi connectivity index (χ1v) is 12.3. The van der Waals surface area contributed by atoms with Crippen molar-refractivity contribution in [3.63, 3.8) is 0 Å². The van der Waals surface area contributed by atoms with Crippen LogP contribution in [0.3, 0.4) is 0 Å². The highest BCUT2D eigenvalue weighted by Gasteiger charge is 2.31. The van der Waals surface area contributed by atoms with E-state index in [9.17, 15) is 14.4 Å². The Morgan fingerprint density at radius 1 is 1.03 bits per heavy atom. The van der Waals surface area contributed by atoms with Gasteiger partial charge in [-0.15, -0.1) is 0 Å². The van der Waals surface area contributed by atoms with Gasteiger partial charge in [-0.05, 0) is 49.4 Å². The number of nitrogens with zero attached hydrogens (tertiary/aromatic N) is 1. The van der Waals surface area contributed by atoms with Crippen LogP contribution >= 0.6 is 0 Å². The Hall–Kier alpha value is -3.35. The van der Waals surface area contributed by atoms with Crippen molar-refractivity contribution in [2.75, 3.05) is 13.2 Å². The Balaban J connectivity index is 1.63. The van der Waals surface area contributed by atoms with Crippen LogP contribution in [0.1, 0.15) is 70.4 Å². The zero-order chi connectivity index (χ0) is 25.6. The molecule has 1 aliphatic carbocycles. The molecule has 0 aliphatic heterocycles. The molecular formula is C28H36N2O5. The maximum absolute atomic E-state index is 13.1. The molecule has 2 aromatic carbocycles. The summed E-state index contributed by atoms with van der Waals surface area (Å²) in [6, 6.07) is 15.9. The third kappa shape index (κ3) is 6.62. The van der Waals surface area contributed by atoms with E-state index < -0.39 is 23.6 Å². The van der Waals surface area contributed by atoms with Crippen LogP contribution in [0.4, 0.5) is 4.79 Å². The molecule has 7 heteroatoms. The lowest BCUT2D eigenvalue weighted by atomic mass is 9.98. The predicted octanol–water partition coefficient (Wildman–Crippen LogP) is 5.19. The van der Waals surface area contributed by atoms with E-state index in [1.165, 1.54) is 0 Å². The van der Waals surface area contributed by atoms with Crippen molar-refractivity contribution in [3.05, 3.63) is 59.7 Å². The molecule has 35 heavy (non-hydrogen) atoms. The molecular weight excluding hydrogens is 444 g/mol. The van der Waals surface area contributed by atoms with E-state index in [1.807, 2.05) is 52.0 Å². The average Bonchev–Trinajstić information content (AvgIpc) is 3.10. The van der Waals surface area contributed by atoms with Crippen LogP contribution in [0, 0.1) is 0 Å². The highest BCUT2D eigenvalue weighted by molar-refractivity contribution is 5.80. The van der Waals surface area contributed by atoms with E-state index in [-0.39, 0.29) is 37.8 Å². The minimum atomic E-state index is -0.950. The summed E-state index contributed by atoms with van der Waals surface area (Å²) in [6.45, 7) is 7.95. The lowest BCUT2D eigenvalue weighted by Gasteiger charge is -2.36. The number of carbonyl (C=O) groups excluding carboxylic acids is 2. The van der Waals surface area contributed by atoms with Gasteiger partial charge in [0.05, 0.1) is 6.42 Å². The topological polar surface area (TPSA) is 95.9 Å². The molecule has 0 bridgehead atoms. The Morgan fingerprint density at radius 3 is 2.11 bits per heavy atom. The molecule has 0 heterocycles. The molecule has 0 saturated heterocycles. The van der Waals surface area contributed by atoms with Crippen molar-refractivity contribution in [3.8, 4) is 11.1 Å². The van der Waals surface area contributed by atoms with Crippen LogP contribution in [0.5, 0.6) is 0 Å². The minimum Gasteiger partial charge on any atom is -0.481 e. The van der Waals surface area contributed by atoms with Crippen LogP contribution in [-0.2, 0) is 14.3 Å². The molecule has 3 rings (SSSR count). The fraction of sp³-hybridized carbons (Fsp3) is 0.464. The van der Waals surface area contributed by atoms with Gasteiger partial charge >= 0.3 is 12.1 Å². The van der Waals surface area contributed by atoms with E-state index in [1.54, 1.807) is 4.90 Å². The Labute approximate surface area is 207 Å². The number of hydrogen-bond donors (Lipinski definition) is 2. The second-order valence-corrected chi connectivity index (χ2v) is 10.0. The largest absolute Gasteiger partial charge is 0.481 e. The molecule has 7 nitrogen and oxygen atoms in total. The summed E-state index contributed by atoms with van der Waals surface area (Å²) in [5, 5.41) is 11.9. The molecule has 2 aromatic rings. The van der Waals surface area contributed by atoms with Crippen LogP contribution in [-0.4, -0.2) is 52.7 Å². The molecule has 2 amide bonds. The van der Waals surface area contributed by atoms with Crippen LogP contribution in [0.25, 0.3) is 11.1 Å². The number of ether oxygens (including phenoxy) is 1. The monoisotopic (exact) mass is 480 g/mol. The zero-order valence-electron chi connectivity index (χ0n) is 21.0. The molecule has 188 valence electrons. The van der Waals surface area contributed by atoms with Crippen LogP contribution in [0.15, 0.2) is 48.5 Å². The Kier molecular flexibility index (Phi) is 8.54. The number of fused-ring (bicyclic) bond motifs is 3. The molecule has 2 N–H and O–H groups in total. The van der Waals surface area contributed by atoms with Crippen LogP contribution < -0.4 is 5.32 Å². The molecule has 0 spiro atoms. The number of hydrogen-bond acceptors (Lipinski definition) is 4. The lowest BCUT2D eigenvalue weighted by molar-refractivity contribution is -0.140. The van der Waals surface area contributed by atoms with Gasteiger partial charge in [0.15, 0.2) is 0 Å². The number of benzene rings is 2. The summed E-state index contributed by atoms with van der Waals surface area (Å²) in [4.78, 5) is 38.4. The molecule has 0 radical (unpaired) electrons. The number of carbonyl (C=O) groups is 3. The Bertz CT molecular complexity index is 1010. The SMILES string of the molecule is CCC[C@H](CC(=O)N(CCC(=O)O)C(C)(C)C)NC(=O)OCC1c2ccccc2-c2ccccc21. The summed E-state index contributed by atoms with van der Waals surface area (Å²) in [5.74, 6) is -1.17. The number of carboxylic acid groups (broad SMARTS) is 1. The first-order valence-electron chi connectivity index (χ1n) is 12.3. The first-order chi connectivity index (χ1) is 16.6. The van der Waals surface area contributed by atoms with Crippen molar-refractivity contribution in [2.45, 2.75) is 70.9 Å². The summed E-state index contributed by atoms with van der Waals surface area (Å²) >= 11 is 0. The summed E-state index contributed by atoms with van der Waals surface area (Å²) in [6.07, 6.45) is 0.820. The van der Waals surface area contributed by atoms with Gasteiger partial charge in [-0.3, -0.25) is 9.59 Å². The highest BCUT2D eigenvalue weighted by atomic mass is 16.5. The molecule has 0 unspecified atom stereocenters. The van der Waals surface area contributed by atoms with E-state index in [4.69, 9.17) is 9.84 Å². The molecule has 0 aromatic heterocycles. The van der Waals surface area contributed by atoms with Gasteiger partial charge in [0, 0.05) is 30.5 Å². The van der Waals surface area contributed by atoms with Crippen molar-refractivity contribution in [2.24, 2.45) is 0 Å². The van der Waals surface area contributed by atoms with Gasteiger partial charge in [0.25, 0.3) is 0 Å². The fourth-order valence-electron chi connectivity index (χ4n) is 4.74. The smallest absolute Gasteiger partial charge is 0.407 e. The molecule has 1 atom stereocenters. The van der Waals surface area contributed by atoms with Gasteiger partial charge in [-0.25, -0.2) is 4.79 Å². The zero-order valence-corrected chi connectivity index (χ0v) is 21.0. The predicted molar refractivity (Wildman–Crippen MR) is 135 cm³/mol. The highest BCUT2D eigenvalue weighted by Crippen LogP contribution is 2.44. The third-order valence-corrected chi connectivity index (χ3v) is 6.38. The maximum Gasteiger partial charge on any atom is 0.407 e. The molecule has 1 aliphatic rings. The number of carboxylic acids is 1. The standard InChI is InChI=1S/C28H36N2O5/c1-5-10-19(17-25(31)30(28(2,3)4)16-15-26(32)33)29-27(34)35-18-24-22-13-8-6-11-20(22)21-12-7-9-14-23(21)24/h6-9,11-14,19,24H,5,10,15-18H2,1-4H3,(H,29,34)(H,32,33)/t19-/m1/s1. The number of amides is 2. The maximum atomic E-state index is 13.1. The number of rotatable bonds is 10. The van der Waals surface area contributed by atoms with Gasteiger partial charge < -0.3 is 20.1 Å². The van der Waals surface area contributed by atoms with Gasteiger partial charge in [-0.1, -0.05) is 61.9 Å².